The molecule has 158 valence electrons. The number of nitrogens with one attached hydrogen (secondary N) is 1. The monoisotopic (exact) mass is 398 g/mol. The summed E-state index contributed by atoms with van der Waals surface area (Å²) in [7, 11) is 0. The number of rotatable bonds is 3. The Hall–Kier alpha value is -2.08. The highest BCUT2D eigenvalue weighted by Crippen LogP contribution is 2.28. The van der Waals surface area contributed by atoms with Gasteiger partial charge in [0.25, 0.3) is 0 Å². The van der Waals surface area contributed by atoms with Crippen molar-refractivity contribution in [3.05, 3.63) is 35.4 Å². The van der Waals surface area contributed by atoms with Crippen LogP contribution < -0.4 is 5.32 Å². The summed E-state index contributed by atoms with van der Waals surface area (Å²) in [6, 6.07) is 9.02. The molecule has 6 heteroatoms. The highest BCUT2D eigenvalue weighted by Gasteiger charge is 2.33. The number of carbonyl (C=O) groups excluding carboxylic acids is 2. The highest BCUT2D eigenvalue weighted by atomic mass is 16.2. The van der Waals surface area contributed by atoms with Gasteiger partial charge in [0.1, 0.15) is 0 Å². The molecule has 0 unspecified atom stereocenters. The summed E-state index contributed by atoms with van der Waals surface area (Å²) in [5.41, 5.74) is 2.49. The van der Waals surface area contributed by atoms with Crippen molar-refractivity contribution in [1.82, 2.24) is 20.0 Å². The molecule has 0 atom stereocenters. The van der Waals surface area contributed by atoms with Gasteiger partial charge in [-0.15, -0.1) is 0 Å². The number of carbonyl (C=O) groups is 2. The Kier molecular flexibility index (Phi) is 6.09. The molecule has 0 bridgehead atoms. The Balaban J connectivity index is 1.21. The molecule has 1 saturated heterocycles. The molecule has 29 heavy (non-hydrogen) atoms. The lowest BCUT2D eigenvalue weighted by Gasteiger charge is -2.39. The van der Waals surface area contributed by atoms with Crippen molar-refractivity contribution < 1.29 is 9.59 Å². The predicted octanol–water partition coefficient (Wildman–Crippen LogP) is 2.82. The molecule has 3 aliphatic rings. The highest BCUT2D eigenvalue weighted by molar-refractivity contribution is 5.79. The van der Waals surface area contributed by atoms with Crippen LogP contribution >= 0.6 is 0 Å². The van der Waals surface area contributed by atoms with E-state index in [0.717, 1.165) is 51.9 Å². The fourth-order valence-electron chi connectivity index (χ4n) is 4.94. The Morgan fingerprint density at radius 3 is 2.03 bits per heavy atom. The van der Waals surface area contributed by atoms with Crippen LogP contribution in [0.15, 0.2) is 24.3 Å². The van der Waals surface area contributed by atoms with Gasteiger partial charge in [0.15, 0.2) is 0 Å². The average molecular weight is 399 g/mol. The van der Waals surface area contributed by atoms with E-state index in [-0.39, 0.29) is 18.0 Å². The van der Waals surface area contributed by atoms with Gasteiger partial charge in [-0.3, -0.25) is 9.69 Å². The Bertz CT molecular complexity index is 709. The average Bonchev–Trinajstić information content (AvgIpc) is 3.18. The van der Waals surface area contributed by atoms with Crippen molar-refractivity contribution >= 4 is 11.9 Å². The standard InChI is InChI=1S/C23H34N4O2/c1-17(2)25-11-13-26(14-12-25)22(28)18-7-9-21(10-8-18)24-23(29)27-15-19-5-3-4-6-20(19)16-27/h3-6,17-18,21H,7-16H2,1-2H3,(H,24,29). The molecule has 1 aromatic rings. The fraction of sp³-hybridized carbons (Fsp3) is 0.652. The third kappa shape index (κ3) is 4.58. The first-order chi connectivity index (χ1) is 14.0. The minimum Gasteiger partial charge on any atom is -0.340 e. The summed E-state index contributed by atoms with van der Waals surface area (Å²) >= 11 is 0. The van der Waals surface area contributed by atoms with Gasteiger partial charge in [0.2, 0.25) is 5.91 Å². The largest absolute Gasteiger partial charge is 0.340 e. The fourth-order valence-corrected chi connectivity index (χ4v) is 4.94. The Morgan fingerprint density at radius 1 is 0.897 bits per heavy atom. The van der Waals surface area contributed by atoms with Crippen molar-refractivity contribution in [3.63, 3.8) is 0 Å². The molecule has 6 nitrogen and oxygen atoms in total. The summed E-state index contributed by atoms with van der Waals surface area (Å²) in [6.07, 6.45) is 3.56. The second-order valence-electron chi connectivity index (χ2n) is 9.08. The molecule has 1 aromatic carbocycles. The lowest BCUT2D eigenvalue weighted by Crippen LogP contribution is -2.52. The zero-order valence-corrected chi connectivity index (χ0v) is 17.8. The van der Waals surface area contributed by atoms with E-state index < -0.39 is 0 Å². The number of piperazine rings is 1. The van der Waals surface area contributed by atoms with Crippen LogP contribution in [0.2, 0.25) is 0 Å². The number of hydrogen-bond acceptors (Lipinski definition) is 3. The molecule has 0 spiro atoms. The second-order valence-corrected chi connectivity index (χ2v) is 9.08. The normalized spacial score (nSPS) is 25.2. The molecule has 0 radical (unpaired) electrons. The van der Waals surface area contributed by atoms with Crippen molar-refractivity contribution in [3.8, 4) is 0 Å². The SMILES string of the molecule is CC(C)N1CCN(C(=O)C2CCC(NC(=O)N3Cc4ccccc4C3)CC2)CC1. The van der Waals surface area contributed by atoms with Gasteiger partial charge >= 0.3 is 6.03 Å². The van der Waals surface area contributed by atoms with Crippen LogP contribution in [0.4, 0.5) is 4.79 Å². The molecule has 2 aliphatic heterocycles. The van der Waals surface area contributed by atoms with E-state index in [0.29, 0.717) is 25.0 Å². The van der Waals surface area contributed by atoms with E-state index in [1.807, 2.05) is 17.0 Å². The quantitative estimate of drug-likeness (QED) is 0.852. The van der Waals surface area contributed by atoms with E-state index in [2.05, 4.69) is 41.1 Å². The van der Waals surface area contributed by atoms with Gasteiger partial charge in [-0.2, -0.15) is 0 Å². The minimum absolute atomic E-state index is 0.0285. The van der Waals surface area contributed by atoms with Gasteiger partial charge in [-0.25, -0.2) is 4.79 Å². The maximum Gasteiger partial charge on any atom is 0.318 e. The molecule has 2 heterocycles. The van der Waals surface area contributed by atoms with Gasteiger partial charge in [0, 0.05) is 57.3 Å². The van der Waals surface area contributed by atoms with Crippen LogP contribution in [0.5, 0.6) is 0 Å². The van der Waals surface area contributed by atoms with Crippen LogP contribution in [0.25, 0.3) is 0 Å². The molecule has 0 aromatic heterocycles. The third-order valence-corrected chi connectivity index (χ3v) is 6.89. The topological polar surface area (TPSA) is 55.9 Å². The number of nitrogens with zero attached hydrogens (tertiary/aromatic N) is 3. The lowest BCUT2D eigenvalue weighted by molar-refractivity contribution is -0.138. The van der Waals surface area contributed by atoms with Crippen molar-refractivity contribution in [1.29, 1.82) is 0 Å². The molecule has 3 amide bonds. The Morgan fingerprint density at radius 2 is 1.48 bits per heavy atom. The predicted molar refractivity (Wildman–Crippen MR) is 113 cm³/mol. The number of urea groups is 1. The van der Waals surface area contributed by atoms with Crippen molar-refractivity contribution in [2.24, 2.45) is 5.92 Å². The maximum absolute atomic E-state index is 12.9. The van der Waals surface area contributed by atoms with Gasteiger partial charge in [-0.1, -0.05) is 24.3 Å². The van der Waals surface area contributed by atoms with Crippen LogP contribution in [-0.2, 0) is 17.9 Å². The second kappa shape index (κ2) is 8.74. The van der Waals surface area contributed by atoms with Crippen LogP contribution in [0.3, 0.4) is 0 Å². The number of hydrogen-bond donors (Lipinski definition) is 1. The first kappa shape index (κ1) is 20.2. The van der Waals surface area contributed by atoms with Crippen molar-refractivity contribution in [2.75, 3.05) is 26.2 Å². The van der Waals surface area contributed by atoms with E-state index in [9.17, 15) is 9.59 Å². The summed E-state index contributed by atoms with van der Waals surface area (Å²) in [5, 5.41) is 3.21. The molecule has 1 saturated carbocycles. The summed E-state index contributed by atoms with van der Waals surface area (Å²) < 4.78 is 0. The van der Waals surface area contributed by atoms with Gasteiger partial charge in [0.05, 0.1) is 0 Å². The first-order valence-electron chi connectivity index (χ1n) is 11.2. The van der Waals surface area contributed by atoms with E-state index in [1.165, 1.54) is 11.1 Å². The van der Waals surface area contributed by atoms with E-state index in [4.69, 9.17) is 0 Å². The third-order valence-electron chi connectivity index (χ3n) is 6.89. The van der Waals surface area contributed by atoms with E-state index >= 15 is 0 Å². The summed E-state index contributed by atoms with van der Waals surface area (Å²) in [6.45, 7) is 9.48. The number of fused-ring (bicyclic) bond motifs is 1. The van der Waals surface area contributed by atoms with Crippen LogP contribution in [-0.4, -0.2) is 64.9 Å². The zero-order chi connectivity index (χ0) is 20.4. The zero-order valence-electron chi connectivity index (χ0n) is 17.8. The number of amides is 3. The molecule has 4 rings (SSSR count). The number of benzene rings is 1. The molecule has 2 fully saturated rings. The van der Waals surface area contributed by atoms with Gasteiger partial charge in [-0.05, 0) is 50.7 Å². The minimum atomic E-state index is 0.0285. The molecule has 1 N–H and O–H groups in total. The Labute approximate surface area is 174 Å². The summed E-state index contributed by atoms with van der Waals surface area (Å²) in [5.74, 6) is 0.456. The molecular weight excluding hydrogens is 364 g/mol. The molecule has 1 aliphatic carbocycles. The van der Waals surface area contributed by atoms with Crippen LogP contribution in [0, 0.1) is 5.92 Å². The smallest absolute Gasteiger partial charge is 0.318 e. The van der Waals surface area contributed by atoms with Gasteiger partial charge < -0.3 is 15.1 Å². The van der Waals surface area contributed by atoms with Crippen molar-refractivity contribution in [2.45, 2.75) is 64.7 Å². The maximum atomic E-state index is 12.9. The summed E-state index contributed by atoms with van der Waals surface area (Å²) in [4.78, 5) is 32.0. The van der Waals surface area contributed by atoms with Crippen LogP contribution in [0.1, 0.15) is 50.7 Å². The lowest BCUT2D eigenvalue weighted by atomic mass is 9.85. The van der Waals surface area contributed by atoms with E-state index in [1.54, 1.807) is 0 Å². The molecular formula is C23H34N4O2. The first-order valence-corrected chi connectivity index (χ1v) is 11.2.